The summed E-state index contributed by atoms with van der Waals surface area (Å²) in [4.78, 5) is 13.3. The van der Waals surface area contributed by atoms with Crippen molar-refractivity contribution in [2.45, 2.75) is 32.7 Å². The van der Waals surface area contributed by atoms with Crippen molar-refractivity contribution < 1.29 is 4.79 Å². The molecule has 0 aliphatic heterocycles. The Bertz CT molecular complexity index is 183. The van der Waals surface area contributed by atoms with Crippen molar-refractivity contribution in [3.05, 3.63) is 0 Å². The summed E-state index contributed by atoms with van der Waals surface area (Å²) in [5.74, 6) is 0.776. The van der Waals surface area contributed by atoms with Gasteiger partial charge in [0.05, 0.1) is 0 Å². The number of hydrogen-bond donors (Lipinski definition) is 2. The molecule has 0 aromatic carbocycles. The van der Waals surface area contributed by atoms with Crippen LogP contribution in [0.4, 0.5) is 0 Å². The van der Waals surface area contributed by atoms with E-state index in [0.717, 1.165) is 19.5 Å². The van der Waals surface area contributed by atoms with Crippen molar-refractivity contribution in [1.29, 1.82) is 0 Å². The van der Waals surface area contributed by atoms with Crippen LogP contribution in [-0.2, 0) is 4.79 Å². The molecule has 0 bridgehead atoms. The minimum atomic E-state index is 0.0978. The molecule has 0 aromatic rings. The highest BCUT2D eigenvalue weighted by atomic mass is 16.1. The van der Waals surface area contributed by atoms with Gasteiger partial charge in [-0.2, -0.15) is 0 Å². The molecular weight excluding hydrogens is 202 g/mol. The maximum absolute atomic E-state index is 11.1. The monoisotopic (exact) mass is 229 g/mol. The third kappa shape index (κ3) is 8.68. The van der Waals surface area contributed by atoms with E-state index in [1.165, 1.54) is 0 Å². The van der Waals surface area contributed by atoms with Crippen LogP contribution in [0.3, 0.4) is 0 Å². The first-order valence-corrected chi connectivity index (χ1v) is 6.04. The number of nitrogens with zero attached hydrogens (tertiary/aromatic N) is 1. The Morgan fingerprint density at radius 2 is 1.94 bits per heavy atom. The fourth-order valence-electron chi connectivity index (χ4n) is 1.75. The number of rotatable bonds is 8. The summed E-state index contributed by atoms with van der Waals surface area (Å²) < 4.78 is 0. The van der Waals surface area contributed by atoms with Crippen molar-refractivity contribution in [1.82, 2.24) is 15.5 Å². The van der Waals surface area contributed by atoms with E-state index < -0.39 is 0 Å². The zero-order valence-corrected chi connectivity index (χ0v) is 11.3. The first-order valence-electron chi connectivity index (χ1n) is 6.04. The zero-order chi connectivity index (χ0) is 12.6. The molecule has 4 heteroatoms. The maximum atomic E-state index is 11.1. The highest BCUT2D eigenvalue weighted by Gasteiger charge is 2.11. The van der Waals surface area contributed by atoms with Crippen molar-refractivity contribution >= 4 is 5.91 Å². The third-order valence-corrected chi connectivity index (χ3v) is 2.41. The van der Waals surface area contributed by atoms with Gasteiger partial charge in [-0.1, -0.05) is 13.8 Å². The van der Waals surface area contributed by atoms with Gasteiger partial charge >= 0.3 is 0 Å². The molecule has 1 atom stereocenters. The molecule has 0 rings (SSSR count). The molecule has 0 aliphatic carbocycles. The summed E-state index contributed by atoms with van der Waals surface area (Å²) in [5.41, 5.74) is 0. The number of carbonyl (C=O) groups is 1. The van der Waals surface area contributed by atoms with Crippen LogP contribution >= 0.6 is 0 Å². The van der Waals surface area contributed by atoms with Gasteiger partial charge < -0.3 is 15.5 Å². The van der Waals surface area contributed by atoms with Crippen LogP contribution in [0, 0.1) is 5.92 Å². The van der Waals surface area contributed by atoms with Crippen LogP contribution in [0.1, 0.15) is 26.7 Å². The number of amides is 1. The molecule has 0 heterocycles. The maximum Gasteiger partial charge on any atom is 0.221 e. The van der Waals surface area contributed by atoms with E-state index in [4.69, 9.17) is 0 Å². The topological polar surface area (TPSA) is 44.4 Å². The average Bonchev–Trinajstić information content (AvgIpc) is 2.15. The summed E-state index contributed by atoms with van der Waals surface area (Å²) >= 11 is 0. The predicted molar refractivity (Wildman–Crippen MR) is 68.5 cm³/mol. The van der Waals surface area contributed by atoms with Crippen LogP contribution in [0.5, 0.6) is 0 Å². The lowest BCUT2D eigenvalue weighted by Crippen LogP contribution is -2.40. The van der Waals surface area contributed by atoms with E-state index in [1.807, 2.05) is 0 Å². The molecule has 96 valence electrons. The minimum Gasteiger partial charge on any atom is -0.359 e. The molecule has 0 fully saturated rings. The summed E-state index contributed by atoms with van der Waals surface area (Å²) in [5, 5.41) is 6.08. The Kier molecular flexibility index (Phi) is 8.21. The molecule has 16 heavy (non-hydrogen) atoms. The van der Waals surface area contributed by atoms with Gasteiger partial charge in [0, 0.05) is 32.6 Å². The molecule has 2 N–H and O–H groups in total. The molecule has 0 aliphatic rings. The lowest BCUT2D eigenvalue weighted by atomic mass is 10.0. The van der Waals surface area contributed by atoms with Gasteiger partial charge in [-0.15, -0.1) is 0 Å². The standard InChI is InChI=1S/C12H27N3O/c1-10(2)8-11(9-15(4)5)14-7-6-12(16)13-3/h10-11,14H,6-9H2,1-5H3,(H,13,16). The summed E-state index contributed by atoms with van der Waals surface area (Å²) in [6.07, 6.45) is 1.70. The first kappa shape index (κ1) is 15.4. The molecule has 0 spiro atoms. The van der Waals surface area contributed by atoms with Gasteiger partial charge in [-0.25, -0.2) is 0 Å². The van der Waals surface area contributed by atoms with E-state index >= 15 is 0 Å². The fraction of sp³-hybridized carbons (Fsp3) is 0.917. The Labute approximate surface area is 99.8 Å². The van der Waals surface area contributed by atoms with Crippen molar-refractivity contribution in [3.8, 4) is 0 Å². The van der Waals surface area contributed by atoms with Gasteiger partial charge in [0.2, 0.25) is 5.91 Å². The molecule has 4 nitrogen and oxygen atoms in total. The molecule has 1 unspecified atom stereocenters. The largest absolute Gasteiger partial charge is 0.359 e. The van der Waals surface area contributed by atoms with E-state index in [1.54, 1.807) is 7.05 Å². The van der Waals surface area contributed by atoms with Crippen LogP contribution < -0.4 is 10.6 Å². The second-order valence-corrected chi connectivity index (χ2v) is 4.97. The van der Waals surface area contributed by atoms with Crippen LogP contribution in [0.2, 0.25) is 0 Å². The van der Waals surface area contributed by atoms with Crippen molar-refractivity contribution in [3.63, 3.8) is 0 Å². The fourth-order valence-corrected chi connectivity index (χ4v) is 1.75. The van der Waals surface area contributed by atoms with Crippen LogP contribution in [0.25, 0.3) is 0 Å². The highest BCUT2D eigenvalue weighted by Crippen LogP contribution is 2.05. The van der Waals surface area contributed by atoms with Gasteiger partial charge in [-0.05, 0) is 26.4 Å². The quantitative estimate of drug-likeness (QED) is 0.643. The van der Waals surface area contributed by atoms with Crippen LogP contribution in [0.15, 0.2) is 0 Å². The predicted octanol–water partition coefficient (Wildman–Crippen LogP) is 0.688. The number of nitrogens with one attached hydrogen (secondary N) is 2. The average molecular weight is 229 g/mol. The Morgan fingerprint density at radius 3 is 2.38 bits per heavy atom. The van der Waals surface area contributed by atoms with Crippen molar-refractivity contribution in [2.24, 2.45) is 5.92 Å². The van der Waals surface area contributed by atoms with E-state index in [-0.39, 0.29) is 5.91 Å². The lowest BCUT2D eigenvalue weighted by molar-refractivity contribution is -0.120. The number of carbonyl (C=O) groups excluding carboxylic acids is 1. The number of hydrogen-bond acceptors (Lipinski definition) is 3. The third-order valence-electron chi connectivity index (χ3n) is 2.41. The molecule has 0 saturated carbocycles. The molecule has 1 amide bonds. The second kappa shape index (κ2) is 8.53. The normalized spacial score (nSPS) is 13.2. The van der Waals surface area contributed by atoms with Gasteiger partial charge in [-0.3, -0.25) is 4.79 Å². The molecule has 0 aromatic heterocycles. The second-order valence-electron chi connectivity index (χ2n) is 4.97. The molecule has 0 saturated heterocycles. The van der Waals surface area contributed by atoms with Gasteiger partial charge in [0.25, 0.3) is 0 Å². The molecule has 0 radical (unpaired) electrons. The smallest absolute Gasteiger partial charge is 0.221 e. The molecular formula is C12H27N3O. The first-order chi connectivity index (χ1) is 7.45. The summed E-state index contributed by atoms with van der Waals surface area (Å²) in [6, 6.07) is 0.472. The summed E-state index contributed by atoms with van der Waals surface area (Å²) in [7, 11) is 5.83. The van der Waals surface area contributed by atoms with Gasteiger partial charge in [0.15, 0.2) is 0 Å². The Balaban J connectivity index is 3.86. The van der Waals surface area contributed by atoms with Crippen molar-refractivity contribution in [2.75, 3.05) is 34.2 Å². The highest BCUT2D eigenvalue weighted by molar-refractivity contribution is 5.75. The zero-order valence-electron chi connectivity index (χ0n) is 11.3. The van der Waals surface area contributed by atoms with Gasteiger partial charge in [0.1, 0.15) is 0 Å². The van der Waals surface area contributed by atoms with E-state index in [2.05, 4.69) is 43.5 Å². The SMILES string of the molecule is CNC(=O)CCNC(CC(C)C)CN(C)C. The Hall–Kier alpha value is -0.610. The lowest BCUT2D eigenvalue weighted by Gasteiger charge is -2.23. The number of likely N-dealkylation sites (N-methyl/N-ethyl adjacent to an activating group) is 1. The summed E-state index contributed by atoms with van der Waals surface area (Å²) in [6.45, 7) is 6.23. The van der Waals surface area contributed by atoms with E-state index in [0.29, 0.717) is 18.4 Å². The Morgan fingerprint density at radius 1 is 1.31 bits per heavy atom. The minimum absolute atomic E-state index is 0.0978. The van der Waals surface area contributed by atoms with E-state index in [9.17, 15) is 4.79 Å². The van der Waals surface area contributed by atoms with Crippen LogP contribution in [-0.4, -0.2) is 51.1 Å².